The predicted octanol–water partition coefficient (Wildman–Crippen LogP) is 8.72. The molecule has 0 unspecified atom stereocenters. The van der Waals surface area contributed by atoms with E-state index in [-0.39, 0.29) is 46.4 Å². The normalized spacial score (nSPS) is 17.1. The van der Waals surface area contributed by atoms with Gasteiger partial charge in [-0.25, -0.2) is 36.8 Å². The fraction of sp³-hybridized carbons (Fsp3) is 0.300. The highest BCUT2D eigenvalue weighted by Gasteiger charge is 2.52. The molecule has 22 heteroatoms. The summed E-state index contributed by atoms with van der Waals surface area (Å²) in [4.78, 5) is 48.4. The minimum absolute atomic E-state index is 0.0179. The van der Waals surface area contributed by atoms with Gasteiger partial charge in [0, 0.05) is 73.2 Å². The number of rotatable bonds is 10. The van der Waals surface area contributed by atoms with Gasteiger partial charge in [0.1, 0.15) is 11.4 Å². The summed E-state index contributed by atoms with van der Waals surface area (Å²) < 4.78 is 67.0. The van der Waals surface area contributed by atoms with Crippen LogP contribution in [0, 0.1) is 0 Å². The van der Waals surface area contributed by atoms with Crippen molar-refractivity contribution in [2.24, 2.45) is 0 Å². The topological polar surface area (TPSA) is 237 Å². The number of aromatic nitrogens is 4. The van der Waals surface area contributed by atoms with E-state index in [2.05, 4.69) is 35.9 Å². The number of carbonyl (C=O) groups excluding carboxylic acids is 2. The number of fused-ring (bicyclic) bond motifs is 4. The number of nitrogen functional groups attached to an aromatic ring is 2. The summed E-state index contributed by atoms with van der Waals surface area (Å²) >= 11 is 3.26. The second-order valence-electron chi connectivity index (χ2n) is 22.2. The zero-order valence-corrected chi connectivity index (χ0v) is 49.5. The van der Waals surface area contributed by atoms with Crippen molar-refractivity contribution >= 4 is 94.1 Å². The molecule has 2 aromatic heterocycles. The average Bonchev–Trinajstić information content (AvgIpc) is 3.99. The number of amides is 2. The summed E-state index contributed by atoms with van der Waals surface area (Å²) in [6.45, 7) is 10.1. The lowest BCUT2D eigenvalue weighted by Gasteiger charge is -2.32. The Kier molecular flexibility index (Phi) is 15.1. The minimum atomic E-state index is -3.68. The number of sulfonamides is 2. The third-order valence-corrected chi connectivity index (χ3v) is 21.0. The quantitative estimate of drug-likeness (QED) is 0.122. The van der Waals surface area contributed by atoms with E-state index in [0.717, 1.165) is 53.4 Å². The molecule has 6 aromatic carbocycles. The van der Waals surface area contributed by atoms with Crippen molar-refractivity contribution in [2.45, 2.75) is 113 Å². The Bertz CT molecular complexity index is 4020. The van der Waals surface area contributed by atoms with Gasteiger partial charge in [-0.1, -0.05) is 97.1 Å². The zero-order valence-electron chi connectivity index (χ0n) is 46.3. The van der Waals surface area contributed by atoms with Gasteiger partial charge >= 0.3 is 7.12 Å². The standard InChI is InChI=1S/C27H25N5O3S.C23H25BN4O3.C10H12BrNO2S/c1-31(20-11-12-20)36(34,35)24-9-5-4-8-21(24)17-10-13-23-22(14-17)25(30-27(28)29-23)26(33)32-15-18-6-2-3-7-19(18)16-32;1-22(2)23(3,4)31-24(30-22)16-9-10-18-17(11-16)19(27-21(25)26-18)20(29)28-12-14-7-5-6-8-15(14)13-28;1-12(8-6-7-8)15(13,14)10-5-3-2-4-9(10)11/h2-10,13-14,20H,11-12,15-16H2,1H3,(H2,28,29,30);5-11H,12-13H2,1-4H3,(H2,25,26,27);2-5,8H,6-7H2,1H3. The van der Waals surface area contributed by atoms with E-state index in [0.29, 0.717) is 74.2 Å². The summed E-state index contributed by atoms with van der Waals surface area (Å²) in [6.07, 6.45) is 3.69. The number of nitrogens with zero attached hydrogens (tertiary/aromatic N) is 8. The molecular formula is C60H62BBrN10O8S2. The molecule has 1 saturated heterocycles. The third kappa shape index (κ3) is 11.1. The van der Waals surface area contributed by atoms with Crippen LogP contribution in [0.3, 0.4) is 0 Å². The van der Waals surface area contributed by atoms with Crippen LogP contribution in [0.15, 0.2) is 148 Å². The van der Waals surface area contributed by atoms with E-state index >= 15 is 0 Å². The first-order valence-electron chi connectivity index (χ1n) is 27.0. The van der Waals surface area contributed by atoms with Crippen molar-refractivity contribution < 1.29 is 35.7 Å². The van der Waals surface area contributed by atoms with E-state index < -0.39 is 38.4 Å². The summed E-state index contributed by atoms with van der Waals surface area (Å²) in [6, 6.07) is 41.1. The lowest BCUT2D eigenvalue weighted by molar-refractivity contribution is 0.00578. The molecule has 0 spiro atoms. The highest BCUT2D eigenvalue weighted by molar-refractivity contribution is 9.10. The zero-order chi connectivity index (χ0) is 58.0. The third-order valence-electron chi connectivity index (χ3n) is 16.1. The van der Waals surface area contributed by atoms with Gasteiger partial charge in [0.2, 0.25) is 31.9 Å². The van der Waals surface area contributed by atoms with Gasteiger partial charge in [-0.05, 0) is 139 Å². The molecule has 0 atom stereocenters. The molecule has 8 aromatic rings. The van der Waals surface area contributed by atoms with E-state index in [1.807, 2.05) is 100 Å². The molecule has 4 N–H and O–H groups in total. The number of nitrogens with two attached hydrogens (primary N) is 2. The summed E-state index contributed by atoms with van der Waals surface area (Å²) in [7, 11) is -4.26. The lowest BCUT2D eigenvalue weighted by Crippen LogP contribution is -2.41. The maximum Gasteiger partial charge on any atom is 0.494 e. The van der Waals surface area contributed by atoms with Crippen molar-refractivity contribution in [2.75, 3.05) is 25.6 Å². The van der Waals surface area contributed by atoms with E-state index in [1.165, 1.54) is 8.61 Å². The van der Waals surface area contributed by atoms with Crippen LogP contribution in [0.1, 0.15) is 96.6 Å². The van der Waals surface area contributed by atoms with Crippen LogP contribution < -0.4 is 16.9 Å². The number of hydrogen-bond acceptors (Lipinski definition) is 14. The van der Waals surface area contributed by atoms with E-state index in [1.54, 1.807) is 84.6 Å². The molecule has 0 radical (unpaired) electrons. The van der Waals surface area contributed by atoms with E-state index in [9.17, 15) is 26.4 Å². The highest BCUT2D eigenvalue weighted by Crippen LogP contribution is 2.39. The Balaban J connectivity index is 0.000000139. The molecule has 5 aliphatic rings. The van der Waals surface area contributed by atoms with Crippen molar-refractivity contribution in [3.05, 3.63) is 172 Å². The molecule has 3 fully saturated rings. The fourth-order valence-corrected chi connectivity index (χ4v) is 14.4. The number of halogens is 1. The van der Waals surface area contributed by atoms with Gasteiger partial charge in [0.15, 0.2) is 0 Å². The largest absolute Gasteiger partial charge is 0.494 e. The minimum Gasteiger partial charge on any atom is -0.399 e. The van der Waals surface area contributed by atoms with Crippen molar-refractivity contribution in [1.82, 2.24) is 38.3 Å². The van der Waals surface area contributed by atoms with Gasteiger partial charge in [-0.2, -0.15) is 8.61 Å². The predicted molar refractivity (Wildman–Crippen MR) is 319 cm³/mol. The number of hydrogen-bond donors (Lipinski definition) is 2. The van der Waals surface area contributed by atoms with Crippen LogP contribution in [0.2, 0.25) is 0 Å². The van der Waals surface area contributed by atoms with Gasteiger partial charge in [-0.15, -0.1) is 0 Å². The van der Waals surface area contributed by atoms with Crippen molar-refractivity contribution in [1.29, 1.82) is 0 Å². The molecule has 422 valence electrons. The summed E-state index contributed by atoms with van der Waals surface area (Å²) in [5.41, 5.74) is 19.2. The summed E-state index contributed by atoms with van der Waals surface area (Å²) in [5.74, 6) is -0.307. The second-order valence-corrected chi connectivity index (χ2v) is 27.0. The van der Waals surface area contributed by atoms with Gasteiger partial charge in [-0.3, -0.25) is 9.59 Å². The molecule has 18 nitrogen and oxygen atoms in total. The Hall–Kier alpha value is -7.18. The van der Waals surface area contributed by atoms with Gasteiger partial charge in [0.25, 0.3) is 11.8 Å². The van der Waals surface area contributed by atoms with Crippen LogP contribution in [-0.4, -0.2) is 111 Å². The Labute approximate surface area is 486 Å². The Morgan fingerprint density at radius 1 is 0.561 bits per heavy atom. The highest BCUT2D eigenvalue weighted by atomic mass is 79.9. The lowest BCUT2D eigenvalue weighted by atomic mass is 9.78. The molecule has 2 amide bonds. The molecule has 82 heavy (non-hydrogen) atoms. The van der Waals surface area contributed by atoms with Crippen molar-refractivity contribution in [3.63, 3.8) is 0 Å². The Morgan fingerprint density at radius 3 is 1.43 bits per heavy atom. The fourth-order valence-electron chi connectivity index (χ4n) is 10.3. The first-order valence-corrected chi connectivity index (χ1v) is 30.7. The van der Waals surface area contributed by atoms with Gasteiger partial charge < -0.3 is 30.6 Å². The van der Waals surface area contributed by atoms with Gasteiger partial charge in [0.05, 0.1) is 32.0 Å². The van der Waals surface area contributed by atoms with Crippen LogP contribution in [0.25, 0.3) is 32.9 Å². The first-order chi connectivity index (χ1) is 39.0. The first kappa shape index (κ1) is 56.7. The van der Waals surface area contributed by atoms with Crippen LogP contribution in [0.4, 0.5) is 11.9 Å². The average molecular weight is 1210 g/mol. The number of benzene rings is 6. The Morgan fingerprint density at radius 2 is 0.963 bits per heavy atom. The molecule has 5 heterocycles. The van der Waals surface area contributed by atoms with Crippen molar-refractivity contribution in [3.8, 4) is 11.1 Å². The molecule has 13 rings (SSSR count). The van der Waals surface area contributed by atoms with Crippen LogP contribution in [0.5, 0.6) is 0 Å². The molecular weight excluding hydrogens is 1140 g/mol. The van der Waals surface area contributed by atoms with Crippen LogP contribution in [-0.2, 0) is 55.5 Å². The maximum atomic E-state index is 13.6. The van der Waals surface area contributed by atoms with Crippen LogP contribution >= 0.6 is 15.9 Å². The molecule has 2 saturated carbocycles. The monoisotopic (exact) mass is 1200 g/mol. The molecule has 2 aliphatic carbocycles. The summed E-state index contributed by atoms with van der Waals surface area (Å²) in [5, 5.41) is 1.17. The maximum absolute atomic E-state index is 13.6. The number of carbonyl (C=O) groups is 2. The van der Waals surface area contributed by atoms with E-state index in [4.69, 9.17) is 20.8 Å². The second kappa shape index (κ2) is 21.9. The molecule has 3 aliphatic heterocycles. The smallest absolute Gasteiger partial charge is 0.399 e. The number of anilines is 2. The molecule has 0 bridgehead atoms. The SMILES string of the molecule is CC1(C)OB(c2ccc3nc(N)nc(C(=O)N4Cc5ccccc5C4)c3c2)OC1(C)C.CN(C1CC1)S(=O)(=O)c1ccccc1-c1ccc2nc(N)nc(C(=O)N3Cc4ccccc4C3)c2c1.CN(C1CC1)S(=O)(=O)c1ccccc1Br.